The molecule has 0 aromatic heterocycles. The zero-order valence-corrected chi connectivity index (χ0v) is 7.37. The fourth-order valence-electron chi connectivity index (χ4n) is 1.64. The largest absolute Gasteiger partial charge is 0.496 e. The van der Waals surface area contributed by atoms with E-state index in [0.717, 1.165) is 28.9 Å². The van der Waals surface area contributed by atoms with Gasteiger partial charge in [-0.25, -0.2) is 0 Å². The molecule has 13 heavy (non-hydrogen) atoms. The van der Waals surface area contributed by atoms with Gasteiger partial charge in [0.05, 0.1) is 18.7 Å². The van der Waals surface area contributed by atoms with E-state index in [9.17, 15) is 0 Å². The van der Waals surface area contributed by atoms with Gasteiger partial charge in [-0.3, -0.25) is 0 Å². The third-order valence-electron chi connectivity index (χ3n) is 2.27. The Morgan fingerprint density at radius 1 is 1.46 bits per heavy atom. The number of rotatable bonds is 1. The van der Waals surface area contributed by atoms with E-state index in [1.807, 2.05) is 24.3 Å². The zero-order chi connectivity index (χ0) is 9.26. The lowest BCUT2D eigenvalue weighted by atomic mass is 10.0. The monoisotopic (exact) mass is 171 g/mol. The van der Waals surface area contributed by atoms with Crippen molar-refractivity contribution >= 4 is 5.76 Å². The first-order chi connectivity index (χ1) is 6.36. The molecule has 0 saturated heterocycles. The van der Waals surface area contributed by atoms with Crippen LogP contribution in [-0.2, 0) is 11.2 Å². The summed E-state index contributed by atoms with van der Waals surface area (Å²) < 4.78 is 5.19. The lowest BCUT2D eigenvalue weighted by molar-refractivity contribution is 0.371. The average Bonchev–Trinajstić information content (AvgIpc) is 2.60. The van der Waals surface area contributed by atoms with Crippen LogP contribution in [0.2, 0.25) is 0 Å². The van der Waals surface area contributed by atoms with Crippen LogP contribution < -0.4 is 0 Å². The summed E-state index contributed by atoms with van der Waals surface area (Å²) in [4.78, 5) is 0. The van der Waals surface area contributed by atoms with Crippen molar-refractivity contribution in [2.75, 3.05) is 7.11 Å². The summed E-state index contributed by atoms with van der Waals surface area (Å²) in [7, 11) is 1.65. The lowest BCUT2D eigenvalue weighted by Gasteiger charge is -2.04. The number of benzene rings is 1. The predicted molar refractivity (Wildman–Crippen MR) is 49.8 cm³/mol. The second kappa shape index (κ2) is 2.95. The minimum Gasteiger partial charge on any atom is -0.496 e. The van der Waals surface area contributed by atoms with Gasteiger partial charge < -0.3 is 4.74 Å². The quantitative estimate of drug-likeness (QED) is 0.648. The highest BCUT2D eigenvalue weighted by Gasteiger charge is 2.16. The molecule has 2 heteroatoms. The molecular formula is C11H9NO. The smallest absolute Gasteiger partial charge is 0.122 e. The van der Waals surface area contributed by atoms with Crippen molar-refractivity contribution in [3.8, 4) is 6.07 Å². The van der Waals surface area contributed by atoms with Crippen LogP contribution in [-0.4, -0.2) is 7.11 Å². The molecule has 1 aliphatic rings. The first-order valence-corrected chi connectivity index (χ1v) is 4.13. The molecule has 0 radical (unpaired) electrons. The van der Waals surface area contributed by atoms with Crippen molar-refractivity contribution < 1.29 is 4.74 Å². The Hall–Kier alpha value is -1.75. The Labute approximate surface area is 77.1 Å². The van der Waals surface area contributed by atoms with Crippen LogP contribution in [0.1, 0.15) is 16.7 Å². The summed E-state index contributed by atoms with van der Waals surface area (Å²) in [5, 5.41) is 8.85. The van der Waals surface area contributed by atoms with E-state index in [4.69, 9.17) is 10.00 Å². The van der Waals surface area contributed by atoms with Crippen molar-refractivity contribution in [3.05, 3.63) is 41.0 Å². The molecule has 1 aromatic carbocycles. The lowest BCUT2D eigenvalue weighted by Crippen LogP contribution is -1.90. The van der Waals surface area contributed by atoms with Gasteiger partial charge in [0, 0.05) is 5.56 Å². The Bertz CT molecular complexity index is 413. The van der Waals surface area contributed by atoms with Gasteiger partial charge >= 0.3 is 0 Å². The fourth-order valence-corrected chi connectivity index (χ4v) is 1.64. The highest BCUT2D eigenvalue weighted by atomic mass is 16.5. The molecule has 0 unspecified atom stereocenters. The maximum Gasteiger partial charge on any atom is 0.122 e. The van der Waals surface area contributed by atoms with Gasteiger partial charge in [0.2, 0.25) is 0 Å². The molecule has 0 bridgehead atoms. The first-order valence-electron chi connectivity index (χ1n) is 4.13. The molecule has 0 spiro atoms. The fraction of sp³-hybridized carbons (Fsp3) is 0.182. The summed E-state index contributed by atoms with van der Waals surface area (Å²) in [5.41, 5.74) is 2.89. The normalized spacial score (nSPS) is 13.1. The van der Waals surface area contributed by atoms with Crippen molar-refractivity contribution in [1.29, 1.82) is 5.26 Å². The van der Waals surface area contributed by atoms with Crippen molar-refractivity contribution in [2.45, 2.75) is 6.42 Å². The van der Waals surface area contributed by atoms with Crippen LogP contribution in [0.5, 0.6) is 0 Å². The molecule has 2 rings (SSSR count). The number of ether oxygens (including phenoxy) is 1. The number of fused-ring (bicyclic) bond motifs is 1. The number of hydrogen-bond acceptors (Lipinski definition) is 2. The topological polar surface area (TPSA) is 33.0 Å². The molecule has 0 aliphatic heterocycles. The maximum atomic E-state index is 8.85. The van der Waals surface area contributed by atoms with E-state index in [-0.39, 0.29) is 0 Å². The third-order valence-corrected chi connectivity index (χ3v) is 2.27. The second-order valence-electron chi connectivity index (χ2n) is 2.92. The SMILES string of the molecule is COC1=CCc2c(C#N)cccc21. The highest BCUT2D eigenvalue weighted by molar-refractivity contribution is 5.70. The summed E-state index contributed by atoms with van der Waals surface area (Å²) in [6, 6.07) is 7.89. The molecule has 0 saturated carbocycles. The van der Waals surface area contributed by atoms with Crippen LogP contribution in [0, 0.1) is 11.3 Å². The van der Waals surface area contributed by atoms with Crippen LogP contribution in [0.15, 0.2) is 24.3 Å². The molecule has 1 aliphatic carbocycles. The van der Waals surface area contributed by atoms with Gasteiger partial charge in [0.1, 0.15) is 5.76 Å². The summed E-state index contributed by atoms with van der Waals surface area (Å²) in [5.74, 6) is 0.882. The molecule has 0 N–H and O–H groups in total. The number of hydrogen-bond donors (Lipinski definition) is 0. The minimum absolute atomic E-state index is 0.751. The minimum atomic E-state index is 0.751. The van der Waals surface area contributed by atoms with E-state index in [1.54, 1.807) is 7.11 Å². The Morgan fingerprint density at radius 2 is 2.31 bits per heavy atom. The summed E-state index contributed by atoms with van der Waals surface area (Å²) in [6.45, 7) is 0. The molecule has 2 nitrogen and oxygen atoms in total. The van der Waals surface area contributed by atoms with E-state index in [1.165, 1.54) is 0 Å². The van der Waals surface area contributed by atoms with Gasteiger partial charge in [-0.15, -0.1) is 0 Å². The highest BCUT2D eigenvalue weighted by Crippen LogP contribution is 2.29. The van der Waals surface area contributed by atoms with Gasteiger partial charge in [0.25, 0.3) is 0 Å². The van der Waals surface area contributed by atoms with E-state index in [0.29, 0.717) is 0 Å². The predicted octanol–water partition coefficient (Wildman–Crippen LogP) is 2.10. The van der Waals surface area contributed by atoms with E-state index in [2.05, 4.69) is 6.07 Å². The molecule has 0 atom stereocenters. The number of allylic oxidation sites excluding steroid dienone is 1. The molecule has 0 heterocycles. The Morgan fingerprint density at radius 3 is 3.00 bits per heavy atom. The number of nitriles is 1. The second-order valence-corrected chi connectivity index (χ2v) is 2.92. The summed E-state index contributed by atoms with van der Waals surface area (Å²) >= 11 is 0. The molecule has 1 aromatic rings. The van der Waals surface area contributed by atoms with Gasteiger partial charge in [-0.2, -0.15) is 5.26 Å². The van der Waals surface area contributed by atoms with Crippen molar-refractivity contribution in [1.82, 2.24) is 0 Å². The van der Waals surface area contributed by atoms with E-state index < -0.39 is 0 Å². The molecule has 0 amide bonds. The number of nitrogens with zero attached hydrogens (tertiary/aromatic N) is 1. The Balaban J connectivity index is 2.56. The first kappa shape index (κ1) is 7.88. The van der Waals surface area contributed by atoms with Crippen LogP contribution >= 0.6 is 0 Å². The average molecular weight is 171 g/mol. The van der Waals surface area contributed by atoms with Crippen LogP contribution in [0.3, 0.4) is 0 Å². The van der Waals surface area contributed by atoms with E-state index >= 15 is 0 Å². The van der Waals surface area contributed by atoms with Gasteiger partial charge in [0.15, 0.2) is 0 Å². The van der Waals surface area contributed by atoms with Crippen LogP contribution in [0.25, 0.3) is 5.76 Å². The molecule has 0 fully saturated rings. The molecular weight excluding hydrogens is 162 g/mol. The standard InChI is InChI=1S/C11H9NO/c1-13-11-6-5-9-8(7-12)3-2-4-10(9)11/h2-4,6H,5H2,1H3. The van der Waals surface area contributed by atoms with Gasteiger partial charge in [-0.05, 0) is 24.1 Å². The Kier molecular flexibility index (Phi) is 1.79. The van der Waals surface area contributed by atoms with Crippen molar-refractivity contribution in [3.63, 3.8) is 0 Å². The number of methoxy groups -OCH3 is 1. The summed E-state index contributed by atoms with van der Waals surface area (Å²) in [6.07, 6.45) is 2.81. The van der Waals surface area contributed by atoms with Crippen LogP contribution in [0.4, 0.5) is 0 Å². The zero-order valence-electron chi connectivity index (χ0n) is 7.37. The van der Waals surface area contributed by atoms with Gasteiger partial charge in [-0.1, -0.05) is 12.1 Å². The molecule has 64 valence electrons. The van der Waals surface area contributed by atoms with Crippen molar-refractivity contribution in [2.24, 2.45) is 0 Å². The maximum absolute atomic E-state index is 8.85. The third kappa shape index (κ3) is 1.09.